The molecule has 0 bridgehead atoms. The number of urea groups is 1. The topological polar surface area (TPSA) is 108 Å². The second-order valence-corrected chi connectivity index (χ2v) is 9.24. The van der Waals surface area contributed by atoms with Gasteiger partial charge in [-0.25, -0.2) is 9.59 Å². The third kappa shape index (κ3) is 3.57. The number of imide groups is 1. The van der Waals surface area contributed by atoms with Gasteiger partial charge in [0.1, 0.15) is 12.1 Å². The van der Waals surface area contributed by atoms with Crippen molar-refractivity contribution in [2.24, 2.45) is 0 Å². The predicted molar refractivity (Wildman–Crippen MR) is 126 cm³/mol. The summed E-state index contributed by atoms with van der Waals surface area (Å²) in [7, 11) is 0. The molecule has 4 amide bonds. The number of aromatic amines is 1. The van der Waals surface area contributed by atoms with Crippen molar-refractivity contribution in [3.05, 3.63) is 70.1 Å². The van der Waals surface area contributed by atoms with Crippen LogP contribution in [0, 0.1) is 6.92 Å². The zero-order valence-electron chi connectivity index (χ0n) is 19.2. The van der Waals surface area contributed by atoms with Gasteiger partial charge in [0, 0.05) is 19.1 Å². The third-order valence-electron chi connectivity index (χ3n) is 7.00. The number of fused-ring (bicyclic) bond motifs is 1. The molecule has 9 heteroatoms. The second kappa shape index (κ2) is 8.16. The van der Waals surface area contributed by atoms with Crippen molar-refractivity contribution in [2.45, 2.75) is 38.3 Å². The number of carbonyl (C=O) groups is 3. The van der Waals surface area contributed by atoms with Crippen molar-refractivity contribution >= 4 is 28.9 Å². The molecule has 34 heavy (non-hydrogen) atoms. The number of aryl methyl sites for hydroxylation is 1. The van der Waals surface area contributed by atoms with Gasteiger partial charge < -0.3 is 15.2 Å². The molecular formula is C25H27N5O4. The number of para-hydroxylation sites is 2. The van der Waals surface area contributed by atoms with Crippen LogP contribution >= 0.6 is 0 Å². The zero-order valence-corrected chi connectivity index (χ0v) is 19.2. The van der Waals surface area contributed by atoms with Crippen LogP contribution in [0.1, 0.15) is 36.9 Å². The molecule has 2 fully saturated rings. The van der Waals surface area contributed by atoms with Gasteiger partial charge in [0.25, 0.3) is 5.91 Å². The van der Waals surface area contributed by atoms with E-state index in [0.717, 1.165) is 21.5 Å². The van der Waals surface area contributed by atoms with Crippen molar-refractivity contribution in [2.75, 3.05) is 19.6 Å². The Hall–Kier alpha value is -3.88. The average molecular weight is 462 g/mol. The highest BCUT2D eigenvalue weighted by Crippen LogP contribution is 2.30. The number of hydrogen-bond acceptors (Lipinski definition) is 4. The Balaban J connectivity index is 1.25. The fraction of sp³-hybridized carbons (Fsp3) is 0.360. The summed E-state index contributed by atoms with van der Waals surface area (Å²) in [5, 5.41) is 2.75. The monoisotopic (exact) mass is 461 g/mol. The number of H-pyrrole nitrogens is 1. The summed E-state index contributed by atoms with van der Waals surface area (Å²) in [5.74, 6) is -0.712. The first kappa shape index (κ1) is 21.9. The minimum atomic E-state index is -1.20. The van der Waals surface area contributed by atoms with Gasteiger partial charge in [-0.05, 0) is 44.4 Å². The minimum absolute atomic E-state index is 0.0192. The molecule has 2 aliphatic heterocycles. The summed E-state index contributed by atoms with van der Waals surface area (Å²) in [4.78, 5) is 56.8. The van der Waals surface area contributed by atoms with Crippen molar-refractivity contribution in [1.29, 1.82) is 0 Å². The standard InChI is InChI=1S/C25H27N5O4/c1-16-7-9-17(10-8-16)25(2)22(32)29(24(34)27-25)15-21(31)28-13-11-18(12-14-28)30-20-6-4-3-5-19(20)26-23(30)33/h3-10,18H,11-15H2,1-2H3,(H,26,33)(H,27,34). The van der Waals surface area contributed by atoms with Gasteiger partial charge in [-0.1, -0.05) is 42.0 Å². The molecule has 2 aromatic carbocycles. The lowest BCUT2D eigenvalue weighted by atomic mass is 9.91. The number of rotatable bonds is 4. The van der Waals surface area contributed by atoms with E-state index in [0.29, 0.717) is 31.5 Å². The lowest BCUT2D eigenvalue weighted by Gasteiger charge is -2.33. The van der Waals surface area contributed by atoms with Gasteiger partial charge in [0.2, 0.25) is 5.91 Å². The number of aromatic nitrogens is 2. The van der Waals surface area contributed by atoms with Gasteiger partial charge in [-0.15, -0.1) is 0 Å². The average Bonchev–Trinajstić information content (AvgIpc) is 3.28. The number of amides is 4. The fourth-order valence-corrected chi connectivity index (χ4v) is 4.97. The number of likely N-dealkylation sites (tertiary alicyclic amines) is 1. The maximum atomic E-state index is 13.1. The Labute approximate surface area is 196 Å². The van der Waals surface area contributed by atoms with Gasteiger partial charge >= 0.3 is 11.7 Å². The van der Waals surface area contributed by atoms with Crippen molar-refractivity contribution < 1.29 is 14.4 Å². The highest BCUT2D eigenvalue weighted by molar-refractivity contribution is 6.09. The molecule has 0 saturated carbocycles. The van der Waals surface area contributed by atoms with Crippen molar-refractivity contribution in [1.82, 2.24) is 24.7 Å². The van der Waals surface area contributed by atoms with Crippen LogP contribution < -0.4 is 11.0 Å². The molecule has 5 rings (SSSR count). The first-order valence-corrected chi connectivity index (χ1v) is 11.5. The Bertz CT molecular complexity index is 1330. The molecule has 2 N–H and O–H groups in total. The van der Waals surface area contributed by atoms with Crippen LogP contribution in [-0.4, -0.2) is 56.8 Å². The number of benzene rings is 2. The van der Waals surface area contributed by atoms with Crippen LogP contribution in [0.3, 0.4) is 0 Å². The Kier molecular flexibility index (Phi) is 5.27. The van der Waals surface area contributed by atoms with Crippen LogP contribution in [0.5, 0.6) is 0 Å². The molecule has 0 radical (unpaired) electrons. The highest BCUT2D eigenvalue weighted by atomic mass is 16.2. The quantitative estimate of drug-likeness (QED) is 0.581. The molecule has 0 aliphatic carbocycles. The third-order valence-corrected chi connectivity index (χ3v) is 7.00. The number of nitrogens with zero attached hydrogens (tertiary/aromatic N) is 3. The van der Waals surface area contributed by atoms with Crippen molar-refractivity contribution in [3.8, 4) is 0 Å². The lowest BCUT2D eigenvalue weighted by molar-refractivity contribution is -0.139. The summed E-state index contributed by atoms with van der Waals surface area (Å²) in [5.41, 5.74) is 2.02. The van der Waals surface area contributed by atoms with E-state index in [-0.39, 0.29) is 24.2 Å². The molecule has 2 saturated heterocycles. The highest BCUT2D eigenvalue weighted by Gasteiger charge is 2.49. The number of imidazole rings is 1. The number of piperidine rings is 1. The molecule has 9 nitrogen and oxygen atoms in total. The van der Waals surface area contributed by atoms with Gasteiger partial charge in [0.05, 0.1) is 11.0 Å². The number of carbonyl (C=O) groups excluding carboxylic acids is 3. The minimum Gasteiger partial charge on any atom is -0.341 e. The first-order valence-electron chi connectivity index (χ1n) is 11.5. The SMILES string of the molecule is Cc1ccc(C2(C)NC(=O)N(CC(=O)N3CCC(n4c(=O)[nH]c5ccccc54)CC3)C2=O)cc1. The maximum Gasteiger partial charge on any atom is 0.326 e. The second-order valence-electron chi connectivity index (χ2n) is 9.24. The van der Waals surface area contributed by atoms with E-state index in [1.54, 1.807) is 16.4 Å². The van der Waals surface area contributed by atoms with Crippen LogP contribution in [0.15, 0.2) is 53.3 Å². The van der Waals surface area contributed by atoms with E-state index in [2.05, 4.69) is 10.3 Å². The van der Waals surface area contributed by atoms with Gasteiger partial charge in [-0.2, -0.15) is 0 Å². The molecule has 1 aromatic heterocycles. The Morgan fingerprint density at radius 2 is 1.71 bits per heavy atom. The predicted octanol–water partition coefficient (Wildman–Crippen LogP) is 2.27. The van der Waals surface area contributed by atoms with E-state index in [4.69, 9.17) is 0 Å². The van der Waals surface area contributed by atoms with Crippen LogP contribution in [0.2, 0.25) is 0 Å². The summed E-state index contributed by atoms with van der Waals surface area (Å²) in [6, 6.07) is 14.4. The van der Waals surface area contributed by atoms with Crippen LogP contribution in [0.4, 0.5) is 4.79 Å². The van der Waals surface area contributed by atoms with E-state index >= 15 is 0 Å². The smallest absolute Gasteiger partial charge is 0.326 e. The van der Waals surface area contributed by atoms with Crippen LogP contribution in [0.25, 0.3) is 11.0 Å². The van der Waals surface area contributed by atoms with E-state index in [9.17, 15) is 19.2 Å². The van der Waals surface area contributed by atoms with Gasteiger partial charge in [0.15, 0.2) is 0 Å². The fourth-order valence-electron chi connectivity index (χ4n) is 4.97. The molecule has 2 aliphatic rings. The summed E-state index contributed by atoms with van der Waals surface area (Å²) in [6.07, 6.45) is 1.24. The zero-order chi connectivity index (χ0) is 24.0. The summed E-state index contributed by atoms with van der Waals surface area (Å²) in [6.45, 7) is 4.21. The van der Waals surface area contributed by atoms with Crippen molar-refractivity contribution in [3.63, 3.8) is 0 Å². The largest absolute Gasteiger partial charge is 0.341 e. The molecule has 0 spiro atoms. The summed E-state index contributed by atoms with van der Waals surface area (Å²) < 4.78 is 1.77. The van der Waals surface area contributed by atoms with E-state index in [1.807, 2.05) is 55.5 Å². The van der Waals surface area contributed by atoms with Crippen LogP contribution in [-0.2, 0) is 15.1 Å². The first-order chi connectivity index (χ1) is 16.3. The summed E-state index contributed by atoms with van der Waals surface area (Å²) >= 11 is 0. The number of hydrogen-bond donors (Lipinski definition) is 2. The molecular weight excluding hydrogens is 434 g/mol. The molecule has 1 atom stereocenters. The normalized spacial score (nSPS) is 21.4. The number of nitrogens with one attached hydrogen (secondary N) is 2. The molecule has 176 valence electrons. The molecule has 3 heterocycles. The van der Waals surface area contributed by atoms with Gasteiger partial charge in [-0.3, -0.25) is 19.1 Å². The molecule has 1 unspecified atom stereocenters. The van der Waals surface area contributed by atoms with E-state index in [1.165, 1.54) is 0 Å². The Morgan fingerprint density at radius 3 is 2.41 bits per heavy atom. The maximum absolute atomic E-state index is 13.1. The lowest BCUT2D eigenvalue weighted by Crippen LogP contribution is -2.47. The Morgan fingerprint density at radius 1 is 1.03 bits per heavy atom. The molecule has 3 aromatic rings. The van der Waals surface area contributed by atoms with E-state index < -0.39 is 17.5 Å².